The lowest BCUT2D eigenvalue weighted by molar-refractivity contribution is 0.102. The van der Waals surface area contributed by atoms with Crippen LogP contribution < -0.4 is 5.32 Å². The number of hydrogen-bond acceptors (Lipinski definition) is 5. The number of carbonyl (C=O) groups excluding carboxylic acids is 1. The van der Waals surface area contributed by atoms with Crippen LogP contribution in [0.25, 0.3) is 16.9 Å². The molecule has 0 unspecified atom stereocenters. The van der Waals surface area contributed by atoms with Gasteiger partial charge in [0.05, 0.1) is 28.5 Å². The molecule has 140 valence electrons. The van der Waals surface area contributed by atoms with Crippen LogP contribution in [-0.2, 0) is 7.05 Å². The fraction of sp³-hybridized carbons (Fsp3) is 0.250. The van der Waals surface area contributed by atoms with E-state index < -0.39 is 0 Å². The molecule has 4 heterocycles. The van der Waals surface area contributed by atoms with Crippen molar-refractivity contribution in [1.82, 2.24) is 29.5 Å². The molecule has 0 radical (unpaired) electrons. The fourth-order valence-corrected chi connectivity index (χ4v) is 3.43. The summed E-state index contributed by atoms with van der Waals surface area (Å²) in [7, 11) is 1.86. The number of anilines is 1. The first kappa shape index (κ1) is 16.6. The van der Waals surface area contributed by atoms with E-state index >= 15 is 0 Å². The van der Waals surface area contributed by atoms with Gasteiger partial charge < -0.3 is 5.32 Å². The first-order chi connectivity index (χ1) is 13.6. The second-order valence-electron chi connectivity index (χ2n) is 7.09. The van der Waals surface area contributed by atoms with Crippen LogP contribution in [0.2, 0.25) is 0 Å². The minimum atomic E-state index is -0.181. The number of hydrogen-bond donors (Lipinski definition) is 1. The summed E-state index contributed by atoms with van der Waals surface area (Å²) in [6.07, 6.45) is 7.38. The number of fused-ring (bicyclic) bond motifs is 1. The van der Waals surface area contributed by atoms with E-state index in [1.165, 1.54) is 0 Å². The van der Waals surface area contributed by atoms with Gasteiger partial charge in [-0.25, -0.2) is 14.6 Å². The van der Waals surface area contributed by atoms with Crippen LogP contribution in [-0.4, -0.2) is 35.4 Å². The molecule has 0 atom stereocenters. The molecule has 1 amide bonds. The summed E-state index contributed by atoms with van der Waals surface area (Å²) in [6.45, 7) is 1.90. The molecule has 0 aromatic carbocycles. The normalized spacial score (nSPS) is 13.8. The zero-order chi connectivity index (χ0) is 19.3. The number of aromatic nitrogens is 6. The Kier molecular flexibility index (Phi) is 3.71. The lowest BCUT2D eigenvalue weighted by Gasteiger charge is -2.09. The Hall–Kier alpha value is -3.55. The number of carbonyl (C=O) groups is 1. The van der Waals surface area contributed by atoms with Crippen LogP contribution in [0.4, 0.5) is 5.69 Å². The van der Waals surface area contributed by atoms with Gasteiger partial charge in [0.15, 0.2) is 11.5 Å². The second kappa shape index (κ2) is 6.26. The van der Waals surface area contributed by atoms with Crippen molar-refractivity contribution in [2.24, 2.45) is 7.05 Å². The van der Waals surface area contributed by atoms with Gasteiger partial charge in [-0.2, -0.15) is 10.2 Å². The van der Waals surface area contributed by atoms with E-state index in [0.717, 1.165) is 35.3 Å². The van der Waals surface area contributed by atoms with Crippen LogP contribution in [0.3, 0.4) is 0 Å². The predicted molar refractivity (Wildman–Crippen MR) is 105 cm³/mol. The van der Waals surface area contributed by atoms with E-state index in [-0.39, 0.29) is 5.91 Å². The molecule has 0 bridgehead atoms. The third-order valence-corrected chi connectivity index (χ3v) is 4.97. The Labute approximate surface area is 161 Å². The molecule has 4 aromatic rings. The Balaban J connectivity index is 1.49. The van der Waals surface area contributed by atoms with Crippen molar-refractivity contribution >= 4 is 22.6 Å². The van der Waals surface area contributed by atoms with Crippen molar-refractivity contribution in [3.63, 3.8) is 0 Å². The van der Waals surface area contributed by atoms with Crippen LogP contribution in [0.15, 0.2) is 42.9 Å². The Morgan fingerprint density at radius 1 is 1.29 bits per heavy atom. The van der Waals surface area contributed by atoms with Gasteiger partial charge in [-0.15, -0.1) is 0 Å². The molecule has 0 spiro atoms. The number of aryl methyl sites for hydroxylation is 2. The Morgan fingerprint density at radius 2 is 2.14 bits per heavy atom. The Morgan fingerprint density at radius 3 is 2.82 bits per heavy atom. The average molecular weight is 373 g/mol. The van der Waals surface area contributed by atoms with Gasteiger partial charge in [0, 0.05) is 31.1 Å². The molecule has 8 heteroatoms. The standard InChI is InChI=1S/C20H19N7O/c1-12-18-15(10-16(13-4-5-13)24-19(18)26(2)25-12)20(28)23-14-6-7-17(21-11-14)27-9-3-8-22-27/h3,6-11,13H,4-5H2,1-2H3,(H,23,28). The van der Waals surface area contributed by atoms with Gasteiger partial charge in [0.25, 0.3) is 5.91 Å². The molecule has 8 nitrogen and oxygen atoms in total. The lowest BCUT2D eigenvalue weighted by Crippen LogP contribution is -2.14. The quantitative estimate of drug-likeness (QED) is 0.594. The number of nitrogens with one attached hydrogen (secondary N) is 1. The minimum absolute atomic E-state index is 0.181. The molecule has 1 aliphatic carbocycles. The topological polar surface area (TPSA) is 90.5 Å². The van der Waals surface area contributed by atoms with Crippen molar-refractivity contribution in [2.75, 3.05) is 5.32 Å². The second-order valence-corrected chi connectivity index (χ2v) is 7.09. The van der Waals surface area contributed by atoms with Gasteiger partial charge in [-0.1, -0.05) is 0 Å². The number of rotatable bonds is 4. The van der Waals surface area contributed by atoms with Gasteiger partial charge in [-0.3, -0.25) is 9.48 Å². The zero-order valence-corrected chi connectivity index (χ0v) is 15.6. The third kappa shape index (κ3) is 2.83. The highest BCUT2D eigenvalue weighted by atomic mass is 16.1. The number of nitrogens with zero attached hydrogens (tertiary/aromatic N) is 6. The monoisotopic (exact) mass is 373 g/mol. The van der Waals surface area contributed by atoms with E-state index in [2.05, 4.69) is 20.5 Å². The maximum atomic E-state index is 13.1. The van der Waals surface area contributed by atoms with Gasteiger partial charge in [0.2, 0.25) is 0 Å². The van der Waals surface area contributed by atoms with Gasteiger partial charge in [0.1, 0.15) is 0 Å². The highest BCUT2D eigenvalue weighted by molar-refractivity contribution is 6.12. The van der Waals surface area contributed by atoms with Crippen LogP contribution >= 0.6 is 0 Å². The maximum absolute atomic E-state index is 13.1. The molecule has 5 rings (SSSR count). The minimum Gasteiger partial charge on any atom is -0.321 e. The van der Waals surface area contributed by atoms with Crippen LogP contribution in [0.1, 0.15) is 40.5 Å². The van der Waals surface area contributed by atoms with Crippen molar-refractivity contribution in [3.8, 4) is 5.82 Å². The van der Waals surface area contributed by atoms with Crippen molar-refractivity contribution in [1.29, 1.82) is 0 Å². The van der Waals surface area contributed by atoms with Crippen molar-refractivity contribution < 1.29 is 4.79 Å². The summed E-state index contributed by atoms with van der Waals surface area (Å²) in [5.41, 5.74) is 3.74. The Bertz CT molecular complexity index is 1170. The molecule has 4 aromatic heterocycles. The molecule has 0 saturated heterocycles. The van der Waals surface area contributed by atoms with E-state index in [1.54, 1.807) is 21.8 Å². The SMILES string of the molecule is Cc1nn(C)c2nc(C3CC3)cc(C(=O)Nc3ccc(-n4cccn4)nc3)c12. The van der Waals surface area contributed by atoms with Crippen LogP contribution in [0, 0.1) is 6.92 Å². The maximum Gasteiger partial charge on any atom is 0.256 e. The van der Waals surface area contributed by atoms with Gasteiger partial charge >= 0.3 is 0 Å². The number of amides is 1. The zero-order valence-electron chi connectivity index (χ0n) is 15.6. The summed E-state index contributed by atoms with van der Waals surface area (Å²) in [6, 6.07) is 7.38. The van der Waals surface area contributed by atoms with E-state index in [0.29, 0.717) is 23.0 Å². The lowest BCUT2D eigenvalue weighted by atomic mass is 10.1. The highest BCUT2D eigenvalue weighted by Gasteiger charge is 2.28. The van der Waals surface area contributed by atoms with E-state index in [9.17, 15) is 4.79 Å². The predicted octanol–water partition coefficient (Wildman–Crippen LogP) is 2.99. The first-order valence-corrected chi connectivity index (χ1v) is 9.22. The van der Waals surface area contributed by atoms with E-state index in [1.807, 2.05) is 44.4 Å². The molecule has 1 saturated carbocycles. The molecular weight excluding hydrogens is 354 g/mol. The summed E-state index contributed by atoms with van der Waals surface area (Å²) >= 11 is 0. The summed E-state index contributed by atoms with van der Waals surface area (Å²) in [5.74, 6) is 0.952. The molecule has 28 heavy (non-hydrogen) atoms. The summed E-state index contributed by atoms with van der Waals surface area (Å²) in [5, 5.41) is 12.4. The average Bonchev–Trinajstić information content (AvgIpc) is 3.33. The van der Waals surface area contributed by atoms with Crippen molar-refractivity contribution in [2.45, 2.75) is 25.7 Å². The van der Waals surface area contributed by atoms with Crippen LogP contribution in [0.5, 0.6) is 0 Å². The number of pyridine rings is 2. The third-order valence-electron chi connectivity index (χ3n) is 4.97. The summed E-state index contributed by atoms with van der Waals surface area (Å²) in [4.78, 5) is 22.2. The molecule has 0 aliphatic heterocycles. The summed E-state index contributed by atoms with van der Waals surface area (Å²) < 4.78 is 3.41. The largest absolute Gasteiger partial charge is 0.321 e. The van der Waals surface area contributed by atoms with Gasteiger partial charge in [-0.05, 0) is 44.0 Å². The molecule has 1 aliphatic rings. The fourth-order valence-electron chi connectivity index (χ4n) is 3.43. The van der Waals surface area contributed by atoms with Crippen molar-refractivity contribution in [3.05, 3.63) is 59.8 Å². The molecular formula is C20H19N7O. The molecule has 1 N–H and O–H groups in total. The highest BCUT2D eigenvalue weighted by Crippen LogP contribution is 2.40. The first-order valence-electron chi connectivity index (χ1n) is 9.22. The molecule has 1 fully saturated rings. The smallest absolute Gasteiger partial charge is 0.256 e. The van der Waals surface area contributed by atoms with E-state index in [4.69, 9.17) is 4.98 Å².